The number of likely N-dealkylation sites (N-methyl/N-ethyl adjacent to an activating group) is 1. The van der Waals surface area contributed by atoms with Crippen molar-refractivity contribution in [3.63, 3.8) is 0 Å². The number of fused-ring (bicyclic) bond motifs is 1. The van der Waals surface area contributed by atoms with Crippen LogP contribution in [0.2, 0.25) is 5.02 Å². The van der Waals surface area contributed by atoms with E-state index in [1.807, 2.05) is 24.1 Å². The van der Waals surface area contributed by atoms with E-state index >= 15 is 0 Å². The molecule has 5 rings (SSSR count). The molecule has 0 saturated carbocycles. The Labute approximate surface area is 196 Å². The number of aryl methyl sites for hydroxylation is 1. The van der Waals surface area contributed by atoms with Crippen molar-refractivity contribution < 1.29 is 14.3 Å². The Morgan fingerprint density at radius 2 is 2.03 bits per heavy atom. The van der Waals surface area contributed by atoms with E-state index in [9.17, 15) is 4.79 Å². The molecule has 0 spiro atoms. The second kappa shape index (κ2) is 9.33. The summed E-state index contributed by atoms with van der Waals surface area (Å²) in [4.78, 5) is 28.6. The number of nitrogens with zero attached hydrogens (tertiary/aromatic N) is 4. The number of hydrogen-bond acceptors (Lipinski definition) is 7. The Hall–Kier alpha value is -3.23. The van der Waals surface area contributed by atoms with Gasteiger partial charge >= 0.3 is 0 Å². The SMILES string of the molecule is CN(CC(=O)Nc1ccc(Cl)cc1)c1nc(-c2cc(OC3COC3)ccn2)nc2c1CCC2. The van der Waals surface area contributed by atoms with Crippen molar-refractivity contribution in [3.8, 4) is 17.3 Å². The van der Waals surface area contributed by atoms with Crippen LogP contribution >= 0.6 is 11.6 Å². The zero-order valence-corrected chi connectivity index (χ0v) is 19.0. The number of rotatable bonds is 7. The van der Waals surface area contributed by atoms with Gasteiger partial charge < -0.3 is 19.7 Å². The van der Waals surface area contributed by atoms with Gasteiger partial charge in [-0.2, -0.15) is 0 Å². The lowest BCUT2D eigenvalue weighted by atomic mass is 10.2. The number of pyridine rings is 1. The number of amides is 1. The van der Waals surface area contributed by atoms with Gasteiger partial charge in [0.1, 0.15) is 23.4 Å². The summed E-state index contributed by atoms with van der Waals surface area (Å²) in [6.45, 7) is 1.35. The lowest BCUT2D eigenvalue weighted by molar-refractivity contribution is -0.114. The Kier molecular flexibility index (Phi) is 6.11. The summed E-state index contributed by atoms with van der Waals surface area (Å²) in [6.07, 6.45) is 4.57. The molecule has 1 saturated heterocycles. The van der Waals surface area contributed by atoms with Gasteiger partial charge in [-0.3, -0.25) is 9.78 Å². The third-order valence-corrected chi connectivity index (χ3v) is 5.90. The maximum Gasteiger partial charge on any atom is 0.243 e. The quantitative estimate of drug-likeness (QED) is 0.570. The third kappa shape index (κ3) is 4.91. The maximum absolute atomic E-state index is 12.6. The first kappa shape index (κ1) is 21.6. The number of aromatic nitrogens is 3. The fourth-order valence-electron chi connectivity index (χ4n) is 3.95. The highest BCUT2D eigenvalue weighted by Gasteiger charge is 2.24. The molecule has 1 aromatic carbocycles. The Morgan fingerprint density at radius 1 is 1.21 bits per heavy atom. The molecule has 0 unspecified atom stereocenters. The van der Waals surface area contributed by atoms with Crippen molar-refractivity contribution in [2.75, 3.05) is 37.0 Å². The van der Waals surface area contributed by atoms with E-state index in [1.165, 1.54) is 0 Å². The number of nitrogens with one attached hydrogen (secondary N) is 1. The predicted octanol–water partition coefficient (Wildman–Crippen LogP) is 3.53. The number of carbonyl (C=O) groups is 1. The van der Waals surface area contributed by atoms with Crippen LogP contribution in [0.15, 0.2) is 42.6 Å². The summed E-state index contributed by atoms with van der Waals surface area (Å²) in [5.74, 6) is 1.88. The molecular weight excluding hydrogens is 442 g/mol. The summed E-state index contributed by atoms with van der Waals surface area (Å²) in [5.41, 5.74) is 3.45. The van der Waals surface area contributed by atoms with Gasteiger partial charge in [-0.25, -0.2) is 9.97 Å². The minimum atomic E-state index is -0.136. The molecule has 3 aromatic rings. The minimum Gasteiger partial charge on any atom is -0.485 e. The van der Waals surface area contributed by atoms with Crippen LogP contribution in [0.5, 0.6) is 5.75 Å². The van der Waals surface area contributed by atoms with Crippen LogP contribution in [0.3, 0.4) is 0 Å². The molecule has 2 aliphatic rings. The van der Waals surface area contributed by atoms with Crippen LogP contribution in [0.25, 0.3) is 11.5 Å². The average Bonchev–Trinajstić information content (AvgIpc) is 3.26. The number of benzene rings is 1. The summed E-state index contributed by atoms with van der Waals surface area (Å²) < 4.78 is 11.1. The predicted molar refractivity (Wildman–Crippen MR) is 126 cm³/mol. The van der Waals surface area contributed by atoms with Gasteiger partial charge in [-0.05, 0) is 49.6 Å². The number of carbonyl (C=O) groups excluding carboxylic acids is 1. The number of halogens is 1. The summed E-state index contributed by atoms with van der Waals surface area (Å²) in [7, 11) is 1.87. The molecule has 1 N–H and O–H groups in total. The highest BCUT2D eigenvalue weighted by molar-refractivity contribution is 6.30. The van der Waals surface area contributed by atoms with E-state index in [2.05, 4.69) is 10.3 Å². The van der Waals surface area contributed by atoms with Gasteiger partial charge in [-0.1, -0.05) is 11.6 Å². The van der Waals surface area contributed by atoms with Crippen LogP contribution in [-0.4, -0.2) is 53.8 Å². The zero-order valence-electron chi connectivity index (χ0n) is 18.3. The molecule has 1 aliphatic heterocycles. The van der Waals surface area contributed by atoms with E-state index in [1.54, 1.807) is 30.5 Å². The summed E-state index contributed by atoms with van der Waals surface area (Å²) in [6, 6.07) is 10.7. The van der Waals surface area contributed by atoms with E-state index < -0.39 is 0 Å². The first-order valence-electron chi connectivity index (χ1n) is 10.9. The molecule has 8 nitrogen and oxygen atoms in total. The number of anilines is 2. The molecular formula is C24H24ClN5O3. The van der Waals surface area contributed by atoms with Gasteiger partial charge in [0.05, 0.1) is 19.8 Å². The van der Waals surface area contributed by atoms with Crippen molar-refractivity contribution in [1.82, 2.24) is 15.0 Å². The first-order valence-corrected chi connectivity index (χ1v) is 11.3. The van der Waals surface area contributed by atoms with Gasteiger partial charge in [0.15, 0.2) is 5.82 Å². The topological polar surface area (TPSA) is 89.5 Å². The monoisotopic (exact) mass is 465 g/mol. The van der Waals surface area contributed by atoms with Crippen molar-refractivity contribution in [3.05, 3.63) is 58.9 Å². The molecule has 170 valence electrons. The fourth-order valence-corrected chi connectivity index (χ4v) is 4.07. The molecule has 1 amide bonds. The Morgan fingerprint density at radius 3 is 2.79 bits per heavy atom. The van der Waals surface area contributed by atoms with Gasteiger partial charge in [-0.15, -0.1) is 0 Å². The van der Waals surface area contributed by atoms with E-state index in [0.717, 1.165) is 42.1 Å². The van der Waals surface area contributed by atoms with Crippen LogP contribution in [0.4, 0.5) is 11.5 Å². The van der Waals surface area contributed by atoms with Crippen LogP contribution in [-0.2, 0) is 22.4 Å². The van der Waals surface area contributed by atoms with Crippen molar-refractivity contribution in [1.29, 1.82) is 0 Å². The lowest BCUT2D eigenvalue weighted by Gasteiger charge is -2.26. The normalized spacial score (nSPS) is 15.0. The molecule has 1 fully saturated rings. The standard InChI is InChI=1S/C24H24ClN5O3/c1-30(12-22(31)27-16-7-5-15(25)6-8-16)24-19-3-2-4-20(19)28-23(29-24)21-11-17(9-10-26-21)33-18-13-32-14-18/h5-11,18H,2-4,12-14H2,1H3,(H,27,31). The van der Waals surface area contributed by atoms with Crippen molar-refractivity contribution in [2.24, 2.45) is 0 Å². The lowest BCUT2D eigenvalue weighted by Crippen LogP contribution is -2.38. The van der Waals surface area contributed by atoms with Crippen molar-refractivity contribution >= 4 is 29.0 Å². The van der Waals surface area contributed by atoms with Gasteiger partial charge in [0, 0.05) is 41.3 Å². The molecule has 3 heterocycles. The summed E-state index contributed by atoms with van der Waals surface area (Å²) >= 11 is 5.92. The maximum atomic E-state index is 12.6. The smallest absolute Gasteiger partial charge is 0.243 e. The van der Waals surface area contributed by atoms with E-state index in [4.69, 9.17) is 31.0 Å². The average molecular weight is 466 g/mol. The highest BCUT2D eigenvalue weighted by Crippen LogP contribution is 2.31. The minimum absolute atomic E-state index is 0.0713. The summed E-state index contributed by atoms with van der Waals surface area (Å²) in [5, 5.41) is 3.52. The van der Waals surface area contributed by atoms with Gasteiger partial charge in [0.25, 0.3) is 0 Å². The molecule has 2 aromatic heterocycles. The van der Waals surface area contributed by atoms with Crippen molar-refractivity contribution in [2.45, 2.75) is 25.4 Å². The molecule has 0 bridgehead atoms. The van der Waals surface area contributed by atoms with Crippen LogP contribution in [0, 0.1) is 0 Å². The number of ether oxygens (including phenoxy) is 2. The second-order valence-corrected chi connectivity index (χ2v) is 8.65. The van der Waals surface area contributed by atoms with Crippen LogP contribution < -0.4 is 15.0 Å². The van der Waals surface area contributed by atoms with Gasteiger partial charge in [0.2, 0.25) is 5.91 Å². The van der Waals surface area contributed by atoms with E-state index in [-0.39, 0.29) is 18.6 Å². The number of hydrogen-bond donors (Lipinski definition) is 1. The largest absolute Gasteiger partial charge is 0.485 e. The Balaban J connectivity index is 1.37. The molecule has 0 radical (unpaired) electrons. The fraction of sp³-hybridized carbons (Fsp3) is 0.333. The third-order valence-electron chi connectivity index (χ3n) is 5.65. The molecule has 9 heteroatoms. The molecule has 1 aliphatic carbocycles. The highest BCUT2D eigenvalue weighted by atomic mass is 35.5. The Bertz CT molecular complexity index is 1170. The zero-order chi connectivity index (χ0) is 22.8. The van der Waals surface area contributed by atoms with E-state index in [0.29, 0.717) is 35.4 Å². The second-order valence-electron chi connectivity index (χ2n) is 8.21. The molecule has 33 heavy (non-hydrogen) atoms. The first-order chi connectivity index (χ1) is 16.0. The molecule has 0 atom stereocenters. The van der Waals surface area contributed by atoms with Crippen LogP contribution in [0.1, 0.15) is 17.7 Å².